The summed E-state index contributed by atoms with van der Waals surface area (Å²) in [7, 11) is 0. The number of nitrogens with one attached hydrogen (secondary N) is 1. The molecule has 2 rings (SSSR count). The Kier molecular flexibility index (Phi) is 9.65. The summed E-state index contributed by atoms with van der Waals surface area (Å²) < 4.78 is 0. The van der Waals surface area contributed by atoms with E-state index in [1.807, 2.05) is 5.38 Å². The molecule has 0 aliphatic heterocycles. The molecule has 0 spiro atoms. The van der Waals surface area contributed by atoms with Crippen LogP contribution in [0.25, 0.3) is 0 Å². The number of hydrogen-bond acceptors (Lipinski definition) is 5. The van der Waals surface area contributed by atoms with Gasteiger partial charge < -0.3 is 15.2 Å². The molecule has 1 N–H and O–H groups in total. The average molecular weight is 465 g/mol. The van der Waals surface area contributed by atoms with Crippen molar-refractivity contribution < 1.29 is 44.3 Å². The second-order valence-corrected chi connectivity index (χ2v) is 9.66. The first kappa shape index (κ1) is 26.4. The number of nitrogens with zero attached hydrogens (tertiary/aromatic N) is 1. The van der Waals surface area contributed by atoms with E-state index in [0.29, 0.717) is 23.6 Å². The van der Waals surface area contributed by atoms with Gasteiger partial charge in [0.15, 0.2) is 0 Å². The average Bonchev–Trinajstić information content (AvgIpc) is 3.06. The summed E-state index contributed by atoms with van der Waals surface area (Å²) >= 11 is 13.4. The van der Waals surface area contributed by atoms with Crippen molar-refractivity contribution in [2.45, 2.75) is 51.4 Å². The molecular weight excluding hydrogens is 442 g/mol. The molecule has 0 aliphatic rings. The molecular formula is C20H23Cl2N2NaO3S. The molecule has 1 amide bonds. The van der Waals surface area contributed by atoms with Crippen LogP contribution in [0.5, 0.6) is 0 Å². The topological polar surface area (TPSA) is 82.1 Å². The molecule has 1 unspecified atom stereocenters. The number of benzene rings is 1. The summed E-state index contributed by atoms with van der Waals surface area (Å²) in [5.41, 5.74) is -0.151. The maximum atomic E-state index is 12.4. The molecule has 0 bridgehead atoms. The number of carboxylic acid groups (broad SMARTS) is 1. The Labute approximate surface area is 207 Å². The zero-order valence-electron chi connectivity index (χ0n) is 17.3. The van der Waals surface area contributed by atoms with E-state index in [1.165, 1.54) is 19.1 Å². The molecule has 1 aromatic carbocycles. The molecule has 1 aromatic heterocycles. The Bertz CT molecular complexity index is 883. The third-order valence-electron chi connectivity index (χ3n) is 4.50. The largest absolute Gasteiger partial charge is 1.00 e. The van der Waals surface area contributed by atoms with Gasteiger partial charge in [-0.05, 0) is 24.6 Å². The zero-order valence-corrected chi connectivity index (χ0v) is 21.6. The van der Waals surface area contributed by atoms with Crippen LogP contribution in [-0.4, -0.2) is 23.4 Å². The minimum absolute atomic E-state index is 0. The van der Waals surface area contributed by atoms with Crippen molar-refractivity contribution in [2.75, 3.05) is 6.54 Å². The standard InChI is InChI=1S/C20H24Cl2N2O3S.Na/c1-19(2,3)15-11-28-17(24-15)7-8-23-16(25)10-20(4,18(26)27)12-5-6-13(21)14(22)9-12;/h5-6,9,11H,7-8,10H2,1-4H3,(H,23,25)(H,26,27);/q;+1/p-1. The van der Waals surface area contributed by atoms with Gasteiger partial charge in [0, 0.05) is 35.6 Å². The number of aliphatic carboxylic acids is 1. The number of carbonyl (C=O) groups excluding carboxylic acids is 2. The second kappa shape index (κ2) is 10.6. The molecule has 0 saturated heterocycles. The van der Waals surface area contributed by atoms with E-state index in [4.69, 9.17) is 23.2 Å². The van der Waals surface area contributed by atoms with Crippen molar-refractivity contribution in [1.29, 1.82) is 0 Å². The summed E-state index contributed by atoms with van der Waals surface area (Å²) in [4.78, 5) is 28.7. The number of rotatable bonds is 7. The monoisotopic (exact) mass is 464 g/mol. The fraction of sp³-hybridized carbons (Fsp3) is 0.450. The van der Waals surface area contributed by atoms with E-state index in [9.17, 15) is 14.7 Å². The van der Waals surface area contributed by atoms with Crippen LogP contribution >= 0.6 is 34.5 Å². The molecule has 152 valence electrons. The summed E-state index contributed by atoms with van der Waals surface area (Å²) in [5.74, 6) is -1.74. The van der Waals surface area contributed by atoms with Gasteiger partial charge in [-0.2, -0.15) is 0 Å². The van der Waals surface area contributed by atoms with E-state index < -0.39 is 11.4 Å². The molecule has 5 nitrogen and oxygen atoms in total. The molecule has 0 radical (unpaired) electrons. The maximum absolute atomic E-state index is 12.4. The molecule has 1 atom stereocenters. The molecule has 2 aromatic rings. The molecule has 0 aliphatic carbocycles. The minimum Gasteiger partial charge on any atom is -0.549 e. The summed E-state index contributed by atoms with van der Waals surface area (Å²) in [6.07, 6.45) is 0.319. The van der Waals surface area contributed by atoms with Gasteiger partial charge in [-0.25, -0.2) is 4.98 Å². The predicted molar refractivity (Wildman–Crippen MR) is 111 cm³/mol. The second-order valence-electron chi connectivity index (χ2n) is 7.90. The molecule has 9 heteroatoms. The van der Waals surface area contributed by atoms with E-state index in [2.05, 4.69) is 31.1 Å². The molecule has 0 fully saturated rings. The van der Waals surface area contributed by atoms with Gasteiger partial charge in [-0.15, -0.1) is 11.3 Å². The number of amides is 1. The first-order valence-corrected chi connectivity index (χ1v) is 10.5. The van der Waals surface area contributed by atoms with Crippen LogP contribution in [-0.2, 0) is 26.8 Å². The third kappa shape index (κ3) is 6.94. The first-order chi connectivity index (χ1) is 12.9. The van der Waals surface area contributed by atoms with Gasteiger partial charge in [0.2, 0.25) is 5.91 Å². The molecule has 29 heavy (non-hydrogen) atoms. The molecule has 1 heterocycles. The van der Waals surface area contributed by atoms with Crippen molar-refractivity contribution in [3.8, 4) is 0 Å². The fourth-order valence-corrected chi connectivity index (χ4v) is 3.92. The number of hydrogen-bond donors (Lipinski definition) is 1. The number of thiazole rings is 1. The van der Waals surface area contributed by atoms with E-state index in [1.54, 1.807) is 17.4 Å². The van der Waals surface area contributed by atoms with E-state index >= 15 is 0 Å². The Morgan fingerprint density at radius 3 is 2.34 bits per heavy atom. The summed E-state index contributed by atoms with van der Waals surface area (Å²) in [6.45, 7) is 8.10. The van der Waals surface area contributed by atoms with Gasteiger partial charge >= 0.3 is 29.6 Å². The first-order valence-electron chi connectivity index (χ1n) is 8.82. The van der Waals surface area contributed by atoms with Gasteiger partial charge in [0.25, 0.3) is 0 Å². The fourth-order valence-electron chi connectivity index (χ4n) is 2.59. The Hall–Kier alpha value is -0.630. The SMILES string of the molecule is CC(C)(C)c1csc(CCNC(=O)CC(C)(C(=O)[O-])c2ccc(Cl)c(Cl)c2)n1.[Na+]. The van der Waals surface area contributed by atoms with Crippen molar-refractivity contribution >= 4 is 46.4 Å². The smallest absolute Gasteiger partial charge is 0.549 e. The summed E-state index contributed by atoms with van der Waals surface area (Å²) in [6, 6.07) is 4.50. The van der Waals surface area contributed by atoms with Crippen LogP contribution < -0.4 is 40.0 Å². The maximum Gasteiger partial charge on any atom is 1.00 e. The van der Waals surface area contributed by atoms with Crippen LogP contribution in [0, 0.1) is 0 Å². The predicted octanol–water partition coefficient (Wildman–Crippen LogP) is 0.508. The van der Waals surface area contributed by atoms with E-state index in [0.717, 1.165) is 10.7 Å². The normalized spacial score (nSPS) is 13.3. The quantitative estimate of drug-likeness (QED) is 0.605. The molecule has 0 saturated carbocycles. The van der Waals surface area contributed by atoms with Crippen molar-refractivity contribution in [2.24, 2.45) is 0 Å². The van der Waals surface area contributed by atoms with Gasteiger partial charge in [0.1, 0.15) is 0 Å². The van der Waals surface area contributed by atoms with E-state index in [-0.39, 0.29) is 52.3 Å². The Morgan fingerprint density at radius 1 is 1.17 bits per heavy atom. The summed E-state index contributed by atoms with van der Waals surface area (Å²) in [5, 5.41) is 18.0. The van der Waals surface area contributed by atoms with Crippen LogP contribution in [0.2, 0.25) is 10.0 Å². The number of carbonyl (C=O) groups is 2. The van der Waals surface area contributed by atoms with Crippen molar-refractivity contribution in [1.82, 2.24) is 10.3 Å². The Morgan fingerprint density at radius 2 is 1.83 bits per heavy atom. The van der Waals surface area contributed by atoms with Gasteiger partial charge in [0.05, 0.1) is 26.7 Å². The number of halogens is 2. The number of carboxylic acids is 1. The van der Waals surface area contributed by atoms with Crippen LogP contribution in [0.3, 0.4) is 0 Å². The van der Waals surface area contributed by atoms with Gasteiger partial charge in [-0.3, -0.25) is 4.79 Å². The van der Waals surface area contributed by atoms with Crippen molar-refractivity contribution in [3.05, 3.63) is 49.9 Å². The Balaban J connectivity index is 0.00000420. The van der Waals surface area contributed by atoms with Crippen LogP contribution in [0.4, 0.5) is 0 Å². The van der Waals surface area contributed by atoms with Crippen molar-refractivity contribution in [3.63, 3.8) is 0 Å². The zero-order chi connectivity index (χ0) is 21.1. The third-order valence-corrected chi connectivity index (χ3v) is 6.15. The van der Waals surface area contributed by atoms with Gasteiger partial charge in [-0.1, -0.05) is 50.0 Å². The van der Waals surface area contributed by atoms with Crippen LogP contribution in [0.1, 0.15) is 50.4 Å². The number of aromatic nitrogens is 1. The van der Waals surface area contributed by atoms with Crippen LogP contribution in [0.15, 0.2) is 23.6 Å². The minimum atomic E-state index is -1.51.